The number of anilines is 1. The molecule has 2 atom stereocenters. The summed E-state index contributed by atoms with van der Waals surface area (Å²) in [4.78, 5) is 33.7. The number of piperazine rings is 1. The highest BCUT2D eigenvalue weighted by molar-refractivity contribution is 5.94. The van der Waals surface area contributed by atoms with Gasteiger partial charge in [-0.3, -0.25) is 19.8 Å². The molecule has 2 aliphatic rings. The van der Waals surface area contributed by atoms with Crippen molar-refractivity contribution in [2.45, 2.75) is 32.6 Å². The number of aromatic nitrogens is 1. The van der Waals surface area contributed by atoms with E-state index in [4.69, 9.17) is 4.74 Å². The average molecular weight is 440 g/mol. The quantitative estimate of drug-likeness (QED) is 0.522. The molecule has 3 heterocycles. The number of carbonyl (C=O) groups excluding carboxylic acids is 1. The number of rotatable bonds is 5. The van der Waals surface area contributed by atoms with E-state index in [1.54, 1.807) is 6.07 Å². The lowest BCUT2D eigenvalue weighted by Gasteiger charge is -2.35. The highest BCUT2D eigenvalue weighted by atomic mass is 16.6. The maximum atomic E-state index is 12.9. The second-order valence-corrected chi connectivity index (χ2v) is 8.56. The van der Waals surface area contributed by atoms with Crippen molar-refractivity contribution in [3.63, 3.8) is 0 Å². The van der Waals surface area contributed by atoms with Crippen molar-refractivity contribution in [3.05, 3.63) is 63.8 Å². The third-order valence-electron chi connectivity index (χ3n) is 5.94. The molecular weight excluding hydrogens is 410 g/mol. The van der Waals surface area contributed by atoms with Gasteiger partial charge in [0.25, 0.3) is 11.6 Å². The number of nitrogens with zero attached hydrogens (tertiary/aromatic N) is 5. The number of pyridine rings is 1. The van der Waals surface area contributed by atoms with Crippen LogP contribution in [0.4, 0.5) is 11.5 Å². The molecule has 9 heteroatoms. The van der Waals surface area contributed by atoms with Crippen LogP contribution in [0.2, 0.25) is 0 Å². The van der Waals surface area contributed by atoms with Gasteiger partial charge in [0.15, 0.2) is 0 Å². The summed E-state index contributed by atoms with van der Waals surface area (Å²) in [6, 6.07) is 11.0. The number of amides is 1. The van der Waals surface area contributed by atoms with Gasteiger partial charge in [0.2, 0.25) is 0 Å². The summed E-state index contributed by atoms with van der Waals surface area (Å²) in [5.41, 5.74) is 1.86. The molecule has 2 fully saturated rings. The van der Waals surface area contributed by atoms with Gasteiger partial charge in [0, 0.05) is 57.4 Å². The molecule has 4 rings (SSSR count). The monoisotopic (exact) mass is 439 g/mol. The number of hydrogen-bond donors (Lipinski definition) is 0. The van der Waals surface area contributed by atoms with Gasteiger partial charge >= 0.3 is 0 Å². The van der Waals surface area contributed by atoms with E-state index in [9.17, 15) is 14.9 Å². The molecule has 2 aliphatic heterocycles. The molecule has 2 aromatic rings. The van der Waals surface area contributed by atoms with Crippen LogP contribution in [0.5, 0.6) is 0 Å². The number of nitro groups is 1. The Labute approximate surface area is 187 Å². The SMILES string of the molecule is CC1CN(Cc2ccc(C(=O)N3CCN(c4ccc([N+](=O)[O-])cn4)CC3)cc2)CC(C)O1. The summed E-state index contributed by atoms with van der Waals surface area (Å²) in [6.07, 6.45) is 1.74. The standard InChI is InChI=1S/C23H29N5O4/c1-17-14-25(15-18(2)32-17)16-19-3-5-20(6-4-19)23(29)27-11-9-26(10-12-27)22-8-7-21(13-24-22)28(30)31/h3-8,13,17-18H,9-12,14-16H2,1-2H3. The van der Waals surface area contributed by atoms with Crippen LogP contribution in [-0.4, -0.2) is 77.1 Å². The van der Waals surface area contributed by atoms with Crippen molar-refractivity contribution < 1.29 is 14.5 Å². The molecule has 0 saturated carbocycles. The van der Waals surface area contributed by atoms with Crippen molar-refractivity contribution in [2.75, 3.05) is 44.2 Å². The van der Waals surface area contributed by atoms with Crippen LogP contribution >= 0.6 is 0 Å². The summed E-state index contributed by atoms with van der Waals surface area (Å²) in [7, 11) is 0. The first-order valence-electron chi connectivity index (χ1n) is 11.0. The molecule has 170 valence electrons. The summed E-state index contributed by atoms with van der Waals surface area (Å²) < 4.78 is 5.80. The van der Waals surface area contributed by atoms with Gasteiger partial charge in [0.05, 0.1) is 17.1 Å². The maximum Gasteiger partial charge on any atom is 0.287 e. The van der Waals surface area contributed by atoms with Gasteiger partial charge in [0.1, 0.15) is 12.0 Å². The fourth-order valence-corrected chi connectivity index (χ4v) is 4.42. The zero-order valence-corrected chi connectivity index (χ0v) is 18.5. The lowest BCUT2D eigenvalue weighted by atomic mass is 10.1. The smallest absolute Gasteiger partial charge is 0.287 e. The molecule has 32 heavy (non-hydrogen) atoms. The third-order valence-corrected chi connectivity index (χ3v) is 5.94. The average Bonchev–Trinajstić information content (AvgIpc) is 2.79. The van der Waals surface area contributed by atoms with Gasteiger partial charge in [-0.25, -0.2) is 4.98 Å². The lowest BCUT2D eigenvalue weighted by Crippen LogP contribution is -2.49. The first kappa shape index (κ1) is 22.2. The number of benzene rings is 1. The predicted molar refractivity (Wildman–Crippen MR) is 121 cm³/mol. The number of carbonyl (C=O) groups is 1. The largest absolute Gasteiger partial charge is 0.373 e. The highest BCUT2D eigenvalue weighted by Crippen LogP contribution is 2.19. The van der Waals surface area contributed by atoms with Gasteiger partial charge in [-0.2, -0.15) is 0 Å². The number of morpholine rings is 1. The molecule has 2 saturated heterocycles. The number of ether oxygens (including phenoxy) is 1. The Bertz CT molecular complexity index is 932. The normalized spacial score (nSPS) is 22.1. The highest BCUT2D eigenvalue weighted by Gasteiger charge is 2.24. The molecule has 2 unspecified atom stereocenters. The van der Waals surface area contributed by atoms with E-state index in [2.05, 4.69) is 23.7 Å². The van der Waals surface area contributed by atoms with Crippen LogP contribution in [0.15, 0.2) is 42.6 Å². The summed E-state index contributed by atoms with van der Waals surface area (Å²) >= 11 is 0. The second kappa shape index (κ2) is 9.62. The van der Waals surface area contributed by atoms with E-state index in [1.807, 2.05) is 34.1 Å². The molecule has 1 aromatic carbocycles. The second-order valence-electron chi connectivity index (χ2n) is 8.56. The van der Waals surface area contributed by atoms with E-state index in [0.717, 1.165) is 19.6 Å². The molecule has 1 amide bonds. The lowest BCUT2D eigenvalue weighted by molar-refractivity contribution is -0.385. The molecular formula is C23H29N5O4. The van der Waals surface area contributed by atoms with Crippen LogP contribution in [0, 0.1) is 10.1 Å². The van der Waals surface area contributed by atoms with E-state index in [0.29, 0.717) is 37.6 Å². The number of hydrogen-bond acceptors (Lipinski definition) is 7. The summed E-state index contributed by atoms with van der Waals surface area (Å²) in [5, 5.41) is 10.8. The summed E-state index contributed by atoms with van der Waals surface area (Å²) in [5.74, 6) is 0.722. The Morgan fingerprint density at radius 2 is 1.72 bits per heavy atom. The Morgan fingerprint density at radius 3 is 2.28 bits per heavy atom. The molecule has 0 spiro atoms. The summed E-state index contributed by atoms with van der Waals surface area (Å²) in [6.45, 7) is 9.34. The molecule has 0 radical (unpaired) electrons. The third kappa shape index (κ3) is 5.23. The zero-order chi connectivity index (χ0) is 22.7. The van der Waals surface area contributed by atoms with Crippen molar-refractivity contribution in [2.24, 2.45) is 0 Å². The van der Waals surface area contributed by atoms with E-state index in [1.165, 1.54) is 17.8 Å². The topological polar surface area (TPSA) is 92.1 Å². The molecule has 9 nitrogen and oxygen atoms in total. The van der Waals surface area contributed by atoms with Crippen molar-refractivity contribution >= 4 is 17.4 Å². The molecule has 0 aliphatic carbocycles. The van der Waals surface area contributed by atoms with Gasteiger partial charge in [-0.15, -0.1) is 0 Å². The Balaban J connectivity index is 1.30. The van der Waals surface area contributed by atoms with Crippen molar-refractivity contribution in [1.82, 2.24) is 14.8 Å². The van der Waals surface area contributed by atoms with E-state index < -0.39 is 4.92 Å². The van der Waals surface area contributed by atoms with Gasteiger partial charge < -0.3 is 14.5 Å². The van der Waals surface area contributed by atoms with E-state index >= 15 is 0 Å². The molecule has 1 aromatic heterocycles. The Hall–Kier alpha value is -3.04. The first-order valence-corrected chi connectivity index (χ1v) is 11.0. The zero-order valence-electron chi connectivity index (χ0n) is 18.5. The van der Waals surface area contributed by atoms with Gasteiger partial charge in [-0.1, -0.05) is 12.1 Å². The van der Waals surface area contributed by atoms with Crippen molar-refractivity contribution in [3.8, 4) is 0 Å². The minimum absolute atomic E-state index is 0.0244. The Morgan fingerprint density at radius 1 is 1.06 bits per heavy atom. The van der Waals surface area contributed by atoms with Gasteiger partial charge in [-0.05, 0) is 37.6 Å². The molecule has 0 bridgehead atoms. The maximum absolute atomic E-state index is 12.9. The Kier molecular flexibility index (Phi) is 6.66. The molecule has 0 N–H and O–H groups in total. The van der Waals surface area contributed by atoms with Crippen LogP contribution in [0.1, 0.15) is 29.8 Å². The minimum atomic E-state index is -0.458. The fourth-order valence-electron chi connectivity index (χ4n) is 4.42. The fraction of sp³-hybridized carbons (Fsp3) is 0.478. The van der Waals surface area contributed by atoms with Crippen LogP contribution < -0.4 is 4.90 Å². The predicted octanol–water partition coefficient (Wildman–Crippen LogP) is 2.56. The first-order chi connectivity index (χ1) is 15.4. The van der Waals surface area contributed by atoms with E-state index in [-0.39, 0.29) is 23.8 Å². The van der Waals surface area contributed by atoms with Crippen LogP contribution in [0.25, 0.3) is 0 Å². The minimum Gasteiger partial charge on any atom is -0.373 e. The van der Waals surface area contributed by atoms with Crippen molar-refractivity contribution in [1.29, 1.82) is 0 Å². The van der Waals surface area contributed by atoms with Crippen LogP contribution in [0.3, 0.4) is 0 Å². The van der Waals surface area contributed by atoms with Crippen LogP contribution in [-0.2, 0) is 11.3 Å².